The summed E-state index contributed by atoms with van der Waals surface area (Å²) in [6.45, 7) is 6.92. The zero-order valence-electron chi connectivity index (χ0n) is 20.2. The van der Waals surface area contributed by atoms with Crippen LogP contribution >= 0.6 is 0 Å². The smallest absolute Gasteiger partial charge is 0.261 e. The molecular weight excluding hydrogens is 430 g/mol. The summed E-state index contributed by atoms with van der Waals surface area (Å²) in [7, 11) is 0. The number of benzene rings is 2. The van der Waals surface area contributed by atoms with Crippen molar-refractivity contribution in [3.05, 3.63) is 70.8 Å². The highest BCUT2D eigenvalue weighted by molar-refractivity contribution is 6.21. The minimum atomic E-state index is -0.584. The Morgan fingerprint density at radius 2 is 1.59 bits per heavy atom. The Morgan fingerprint density at radius 3 is 2.15 bits per heavy atom. The number of aryl methyl sites for hydroxylation is 1. The van der Waals surface area contributed by atoms with Gasteiger partial charge in [0.1, 0.15) is 6.04 Å². The summed E-state index contributed by atoms with van der Waals surface area (Å²) in [4.78, 5) is 54.1. The molecule has 0 saturated heterocycles. The molecular formula is C27H33N3O4. The van der Waals surface area contributed by atoms with Gasteiger partial charge in [-0.2, -0.15) is 0 Å². The summed E-state index contributed by atoms with van der Waals surface area (Å²) in [6, 6.07) is 14.1. The Hall–Kier alpha value is -3.48. The molecule has 2 aromatic rings. The van der Waals surface area contributed by atoms with E-state index in [1.807, 2.05) is 45.0 Å². The summed E-state index contributed by atoms with van der Waals surface area (Å²) >= 11 is 0. The molecule has 1 aliphatic rings. The van der Waals surface area contributed by atoms with Crippen molar-refractivity contribution in [2.45, 2.75) is 59.0 Å². The molecule has 7 heteroatoms. The number of nitrogens with zero attached hydrogens (tertiary/aromatic N) is 2. The number of carbonyl (C=O) groups excluding carboxylic acids is 4. The monoisotopic (exact) mass is 463 g/mol. The first-order valence-corrected chi connectivity index (χ1v) is 11.9. The van der Waals surface area contributed by atoms with Crippen LogP contribution in [0.3, 0.4) is 0 Å². The Morgan fingerprint density at radius 1 is 0.971 bits per heavy atom. The molecule has 0 unspecified atom stereocenters. The first-order valence-electron chi connectivity index (χ1n) is 11.9. The van der Waals surface area contributed by atoms with Crippen LogP contribution in [-0.4, -0.2) is 52.6 Å². The van der Waals surface area contributed by atoms with Crippen molar-refractivity contribution < 1.29 is 19.2 Å². The van der Waals surface area contributed by atoms with Crippen molar-refractivity contribution in [1.29, 1.82) is 0 Å². The summed E-state index contributed by atoms with van der Waals surface area (Å²) in [5.41, 5.74) is 2.87. The lowest BCUT2D eigenvalue weighted by Crippen LogP contribution is -2.49. The number of carbonyl (C=O) groups is 4. The maximum atomic E-state index is 13.3. The van der Waals surface area contributed by atoms with E-state index < -0.39 is 6.04 Å². The number of amides is 4. The van der Waals surface area contributed by atoms with E-state index >= 15 is 0 Å². The Balaban J connectivity index is 1.69. The first-order chi connectivity index (χ1) is 16.4. The van der Waals surface area contributed by atoms with E-state index in [1.165, 1.54) is 4.90 Å². The van der Waals surface area contributed by atoms with Crippen LogP contribution in [0.15, 0.2) is 48.5 Å². The van der Waals surface area contributed by atoms with Gasteiger partial charge in [-0.15, -0.1) is 0 Å². The lowest BCUT2D eigenvalue weighted by Gasteiger charge is -2.31. The predicted molar refractivity (Wildman–Crippen MR) is 130 cm³/mol. The second-order valence-electron chi connectivity index (χ2n) is 8.63. The van der Waals surface area contributed by atoms with Crippen LogP contribution < -0.4 is 5.32 Å². The van der Waals surface area contributed by atoms with Crippen LogP contribution in [0.25, 0.3) is 0 Å². The van der Waals surface area contributed by atoms with Gasteiger partial charge >= 0.3 is 0 Å². The zero-order chi connectivity index (χ0) is 24.7. The Kier molecular flexibility index (Phi) is 8.57. The second-order valence-corrected chi connectivity index (χ2v) is 8.63. The van der Waals surface area contributed by atoms with Crippen LogP contribution in [0.5, 0.6) is 0 Å². The molecule has 3 rings (SSSR count). The average Bonchev–Trinajstić information content (AvgIpc) is 3.08. The van der Waals surface area contributed by atoms with Crippen LogP contribution in [0.4, 0.5) is 0 Å². The maximum Gasteiger partial charge on any atom is 0.261 e. The number of nitrogens with one attached hydrogen (secondary N) is 1. The van der Waals surface area contributed by atoms with Gasteiger partial charge in [0.25, 0.3) is 11.8 Å². The third kappa shape index (κ3) is 5.71. The Bertz CT molecular complexity index is 1010. The van der Waals surface area contributed by atoms with Crippen molar-refractivity contribution in [3.63, 3.8) is 0 Å². The van der Waals surface area contributed by atoms with Gasteiger partial charge in [0, 0.05) is 26.1 Å². The number of fused-ring (bicyclic) bond motifs is 1. The Labute approximate surface area is 201 Å². The number of rotatable bonds is 11. The number of imide groups is 1. The SMILES string of the molecule is CCCNC(=O)[C@@H](CC)N(Cc1ccc(C)cc1)C(=O)CCCN1C(=O)c2ccccc2C1=O. The largest absolute Gasteiger partial charge is 0.354 e. The van der Waals surface area contributed by atoms with Crippen LogP contribution in [-0.2, 0) is 16.1 Å². The minimum absolute atomic E-state index is 0.136. The molecule has 1 heterocycles. The predicted octanol–water partition coefficient (Wildman–Crippen LogP) is 3.70. The van der Waals surface area contributed by atoms with E-state index in [1.54, 1.807) is 29.2 Å². The lowest BCUT2D eigenvalue weighted by atomic mass is 10.1. The van der Waals surface area contributed by atoms with E-state index in [0.717, 1.165) is 17.5 Å². The zero-order valence-corrected chi connectivity index (χ0v) is 20.2. The van der Waals surface area contributed by atoms with Gasteiger partial charge in [0.2, 0.25) is 11.8 Å². The van der Waals surface area contributed by atoms with Crippen molar-refractivity contribution in [1.82, 2.24) is 15.1 Å². The summed E-state index contributed by atoms with van der Waals surface area (Å²) in [5, 5.41) is 2.91. The summed E-state index contributed by atoms with van der Waals surface area (Å²) in [6.07, 6.45) is 1.78. The average molecular weight is 464 g/mol. The van der Waals surface area contributed by atoms with E-state index in [-0.39, 0.29) is 36.6 Å². The van der Waals surface area contributed by atoms with Gasteiger partial charge in [-0.05, 0) is 43.9 Å². The van der Waals surface area contributed by atoms with Gasteiger partial charge < -0.3 is 10.2 Å². The fourth-order valence-corrected chi connectivity index (χ4v) is 4.15. The van der Waals surface area contributed by atoms with Gasteiger partial charge in [0.15, 0.2) is 0 Å². The number of hydrogen-bond donors (Lipinski definition) is 1. The molecule has 4 amide bonds. The molecule has 7 nitrogen and oxygen atoms in total. The molecule has 0 bridgehead atoms. The van der Waals surface area contributed by atoms with Crippen molar-refractivity contribution in [2.75, 3.05) is 13.1 Å². The summed E-state index contributed by atoms with van der Waals surface area (Å²) < 4.78 is 0. The quantitative estimate of drug-likeness (QED) is 0.515. The molecule has 1 aliphatic heterocycles. The van der Waals surface area contributed by atoms with Crippen LogP contribution in [0, 0.1) is 6.92 Å². The van der Waals surface area contributed by atoms with Crippen molar-refractivity contribution in [2.24, 2.45) is 0 Å². The highest BCUT2D eigenvalue weighted by atomic mass is 16.2. The summed E-state index contributed by atoms with van der Waals surface area (Å²) in [5.74, 6) is -0.981. The van der Waals surface area contributed by atoms with E-state index in [0.29, 0.717) is 37.1 Å². The van der Waals surface area contributed by atoms with Crippen LogP contribution in [0.2, 0.25) is 0 Å². The molecule has 0 fully saturated rings. The highest BCUT2D eigenvalue weighted by Crippen LogP contribution is 2.23. The lowest BCUT2D eigenvalue weighted by molar-refractivity contribution is -0.141. The van der Waals surface area contributed by atoms with E-state index in [9.17, 15) is 19.2 Å². The van der Waals surface area contributed by atoms with Crippen LogP contribution in [0.1, 0.15) is 71.4 Å². The molecule has 34 heavy (non-hydrogen) atoms. The molecule has 1 N–H and O–H groups in total. The standard InChI is InChI=1S/C27H33N3O4/c1-4-16-28-25(32)23(5-2)30(18-20-14-12-19(3)13-15-20)24(31)11-8-17-29-26(33)21-9-6-7-10-22(21)27(29)34/h6-7,9-10,12-15,23H,4-5,8,11,16-18H2,1-3H3,(H,28,32)/t23-/m1/s1. The molecule has 0 aliphatic carbocycles. The third-order valence-electron chi connectivity index (χ3n) is 6.06. The molecule has 1 atom stereocenters. The van der Waals surface area contributed by atoms with Gasteiger partial charge in [-0.1, -0.05) is 55.8 Å². The molecule has 0 saturated carbocycles. The molecule has 180 valence electrons. The van der Waals surface area contributed by atoms with E-state index in [2.05, 4.69) is 5.32 Å². The number of hydrogen-bond acceptors (Lipinski definition) is 4. The molecule has 0 aromatic heterocycles. The minimum Gasteiger partial charge on any atom is -0.354 e. The van der Waals surface area contributed by atoms with Gasteiger partial charge in [0.05, 0.1) is 11.1 Å². The molecule has 2 aromatic carbocycles. The van der Waals surface area contributed by atoms with Crippen molar-refractivity contribution >= 4 is 23.6 Å². The highest BCUT2D eigenvalue weighted by Gasteiger charge is 2.35. The van der Waals surface area contributed by atoms with Crippen molar-refractivity contribution in [3.8, 4) is 0 Å². The van der Waals surface area contributed by atoms with Gasteiger partial charge in [-0.3, -0.25) is 24.1 Å². The normalized spacial score (nSPS) is 13.6. The second kappa shape index (κ2) is 11.6. The molecule has 0 radical (unpaired) electrons. The maximum absolute atomic E-state index is 13.3. The molecule has 0 spiro atoms. The fourth-order valence-electron chi connectivity index (χ4n) is 4.15. The van der Waals surface area contributed by atoms with E-state index in [4.69, 9.17) is 0 Å². The topological polar surface area (TPSA) is 86.8 Å². The first kappa shape index (κ1) is 25.1. The van der Waals surface area contributed by atoms with Gasteiger partial charge in [-0.25, -0.2) is 0 Å². The fraction of sp³-hybridized carbons (Fsp3) is 0.407. The third-order valence-corrected chi connectivity index (χ3v) is 6.06.